The van der Waals surface area contributed by atoms with Gasteiger partial charge in [0.25, 0.3) is 0 Å². The van der Waals surface area contributed by atoms with Crippen LogP contribution in [0.4, 0.5) is 0 Å². The molecule has 1 unspecified atom stereocenters. The summed E-state index contributed by atoms with van der Waals surface area (Å²) in [6, 6.07) is 8.19. The first-order chi connectivity index (χ1) is 9.20. The van der Waals surface area contributed by atoms with Crippen molar-refractivity contribution in [2.75, 3.05) is 6.61 Å². The summed E-state index contributed by atoms with van der Waals surface area (Å²) in [6.45, 7) is 5.12. The molecule has 19 heavy (non-hydrogen) atoms. The van der Waals surface area contributed by atoms with Gasteiger partial charge < -0.3 is 9.30 Å². The number of aromatic nitrogens is 2. The van der Waals surface area contributed by atoms with E-state index in [1.165, 1.54) is 0 Å². The molecule has 1 saturated heterocycles. The Labute approximate surface area is 112 Å². The fourth-order valence-corrected chi connectivity index (χ4v) is 2.74. The van der Waals surface area contributed by atoms with Crippen molar-refractivity contribution in [1.82, 2.24) is 9.55 Å². The Morgan fingerprint density at radius 1 is 1.47 bits per heavy atom. The van der Waals surface area contributed by atoms with Crippen LogP contribution in [-0.2, 0) is 4.74 Å². The summed E-state index contributed by atoms with van der Waals surface area (Å²) >= 11 is 0. The maximum Gasteiger partial charge on any atom is 0.139 e. The lowest BCUT2D eigenvalue weighted by atomic mass is 10.2. The second kappa shape index (κ2) is 4.67. The molecule has 1 aliphatic rings. The van der Waals surface area contributed by atoms with Crippen LogP contribution in [0.3, 0.4) is 0 Å². The molecule has 0 spiro atoms. The van der Waals surface area contributed by atoms with Crippen LogP contribution in [0.2, 0.25) is 0 Å². The third-order valence-corrected chi connectivity index (χ3v) is 3.58. The highest BCUT2D eigenvalue weighted by molar-refractivity contribution is 5.78. The summed E-state index contributed by atoms with van der Waals surface area (Å²) in [5, 5.41) is 8.98. The molecule has 0 bridgehead atoms. The summed E-state index contributed by atoms with van der Waals surface area (Å²) in [4.78, 5) is 4.71. The van der Waals surface area contributed by atoms with E-state index in [-0.39, 0.29) is 6.10 Å². The average Bonchev–Trinajstić information content (AvgIpc) is 3.04. The monoisotopic (exact) mass is 255 g/mol. The lowest BCUT2D eigenvalue weighted by Gasteiger charge is -2.16. The van der Waals surface area contributed by atoms with Crippen molar-refractivity contribution in [3.8, 4) is 6.07 Å². The van der Waals surface area contributed by atoms with Gasteiger partial charge in [0.15, 0.2) is 0 Å². The fraction of sp³-hybridized carbons (Fsp3) is 0.467. The standard InChI is InChI=1S/C15H17N3O/c1-10(2)18-13-6-5-11(9-16)8-12(13)17-15(18)14-4-3-7-19-14/h5-6,8,10,14H,3-4,7H2,1-2H3. The smallest absolute Gasteiger partial charge is 0.139 e. The number of nitriles is 1. The van der Waals surface area contributed by atoms with E-state index >= 15 is 0 Å². The van der Waals surface area contributed by atoms with Gasteiger partial charge in [0, 0.05) is 12.6 Å². The largest absolute Gasteiger partial charge is 0.370 e. The third kappa shape index (κ3) is 2.00. The van der Waals surface area contributed by atoms with E-state index in [4.69, 9.17) is 15.0 Å². The number of hydrogen-bond donors (Lipinski definition) is 0. The maximum atomic E-state index is 8.98. The lowest BCUT2D eigenvalue weighted by Crippen LogP contribution is -2.10. The zero-order chi connectivity index (χ0) is 13.4. The van der Waals surface area contributed by atoms with E-state index in [1.54, 1.807) is 0 Å². The van der Waals surface area contributed by atoms with E-state index in [1.807, 2.05) is 18.2 Å². The molecule has 1 aromatic carbocycles. The van der Waals surface area contributed by atoms with Crippen LogP contribution in [-0.4, -0.2) is 16.2 Å². The van der Waals surface area contributed by atoms with Crippen molar-refractivity contribution in [3.63, 3.8) is 0 Å². The van der Waals surface area contributed by atoms with Crippen LogP contribution < -0.4 is 0 Å². The van der Waals surface area contributed by atoms with Gasteiger partial charge in [-0.2, -0.15) is 5.26 Å². The highest BCUT2D eigenvalue weighted by Crippen LogP contribution is 2.32. The second-order valence-corrected chi connectivity index (χ2v) is 5.25. The molecule has 3 rings (SSSR count). The summed E-state index contributed by atoms with van der Waals surface area (Å²) < 4.78 is 8.00. The van der Waals surface area contributed by atoms with Crippen molar-refractivity contribution in [2.45, 2.75) is 38.8 Å². The van der Waals surface area contributed by atoms with E-state index < -0.39 is 0 Å². The molecule has 1 atom stereocenters. The molecule has 1 aromatic heterocycles. The maximum absolute atomic E-state index is 8.98. The number of hydrogen-bond acceptors (Lipinski definition) is 3. The van der Waals surface area contributed by atoms with Crippen LogP contribution in [0.15, 0.2) is 18.2 Å². The van der Waals surface area contributed by atoms with Gasteiger partial charge in [-0.25, -0.2) is 4.98 Å². The molecular weight excluding hydrogens is 238 g/mol. The van der Waals surface area contributed by atoms with Gasteiger partial charge >= 0.3 is 0 Å². The Kier molecular flexibility index (Phi) is 3.00. The number of fused-ring (bicyclic) bond motifs is 1. The van der Waals surface area contributed by atoms with Crippen molar-refractivity contribution in [2.24, 2.45) is 0 Å². The van der Waals surface area contributed by atoms with E-state index in [0.717, 1.165) is 36.3 Å². The summed E-state index contributed by atoms with van der Waals surface area (Å²) in [7, 11) is 0. The average molecular weight is 255 g/mol. The predicted octanol–water partition coefficient (Wildman–Crippen LogP) is 3.34. The van der Waals surface area contributed by atoms with Crippen molar-refractivity contribution < 1.29 is 4.74 Å². The number of rotatable bonds is 2. The Morgan fingerprint density at radius 2 is 2.32 bits per heavy atom. The van der Waals surface area contributed by atoms with Gasteiger partial charge in [-0.1, -0.05) is 0 Å². The second-order valence-electron chi connectivity index (χ2n) is 5.25. The molecule has 0 aliphatic carbocycles. The molecule has 1 aliphatic heterocycles. The molecule has 0 amide bonds. The normalized spacial score (nSPS) is 19.2. The van der Waals surface area contributed by atoms with Gasteiger partial charge in [0.1, 0.15) is 11.9 Å². The number of benzene rings is 1. The SMILES string of the molecule is CC(C)n1c(C2CCCO2)nc2cc(C#N)ccc21. The van der Waals surface area contributed by atoms with Gasteiger partial charge in [-0.3, -0.25) is 0 Å². The van der Waals surface area contributed by atoms with Gasteiger partial charge in [0.2, 0.25) is 0 Å². The molecule has 4 heteroatoms. The van der Waals surface area contributed by atoms with Crippen LogP contribution >= 0.6 is 0 Å². The molecule has 2 aromatic rings. The summed E-state index contributed by atoms with van der Waals surface area (Å²) in [6.07, 6.45) is 2.22. The number of imidazole rings is 1. The highest BCUT2D eigenvalue weighted by Gasteiger charge is 2.25. The van der Waals surface area contributed by atoms with E-state index in [2.05, 4.69) is 24.5 Å². The number of nitrogens with zero attached hydrogens (tertiary/aromatic N) is 3. The van der Waals surface area contributed by atoms with Crippen LogP contribution in [0.25, 0.3) is 11.0 Å². The van der Waals surface area contributed by atoms with Crippen LogP contribution in [0, 0.1) is 11.3 Å². The lowest BCUT2D eigenvalue weighted by molar-refractivity contribution is 0.101. The van der Waals surface area contributed by atoms with E-state index in [0.29, 0.717) is 11.6 Å². The molecule has 0 saturated carbocycles. The zero-order valence-electron chi connectivity index (χ0n) is 11.3. The first-order valence-corrected chi connectivity index (χ1v) is 6.74. The fourth-order valence-electron chi connectivity index (χ4n) is 2.74. The topological polar surface area (TPSA) is 50.8 Å². The zero-order valence-corrected chi connectivity index (χ0v) is 11.3. The molecule has 98 valence electrons. The molecule has 4 nitrogen and oxygen atoms in total. The van der Waals surface area contributed by atoms with Gasteiger partial charge in [-0.15, -0.1) is 0 Å². The minimum atomic E-state index is 0.0975. The molecule has 1 fully saturated rings. The molecule has 0 radical (unpaired) electrons. The first kappa shape index (κ1) is 12.2. The molecule has 0 N–H and O–H groups in total. The molecule has 2 heterocycles. The van der Waals surface area contributed by atoms with Gasteiger partial charge in [0.05, 0.1) is 22.7 Å². The third-order valence-electron chi connectivity index (χ3n) is 3.58. The van der Waals surface area contributed by atoms with Crippen LogP contribution in [0.1, 0.15) is 50.2 Å². The predicted molar refractivity (Wildman–Crippen MR) is 72.8 cm³/mol. The minimum absolute atomic E-state index is 0.0975. The van der Waals surface area contributed by atoms with Crippen molar-refractivity contribution in [1.29, 1.82) is 5.26 Å². The number of ether oxygens (including phenoxy) is 1. The Hall–Kier alpha value is -1.86. The minimum Gasteiger partial charge on any atom is -0.370 e. The van der Waals surface area contributed by atoms with E-state index in [9.17, 15) is 0 Å². The Balaban J connectivity index is 2.20. The van der Waals surface area contributed by atoms with Crippen molar-refractivity contribution in [3.05, 3.63) is 29.6 Å². The first-order valence-electron chi connectivity index (χ1n) is 6.74. The van der Waals surface area contributed by atoms with Gasteiger partial charge in [-0.05, 0) is 44.9 Å². The Morgan fingerprint density at radius 3 is 2.95 bits per heavy atom. The highest BCUT2D eigenvalue weighted by atomic mass is 16.5. The van der Waals surface area contributed by atoms with Crippen molar-refractivity contribution >= 4 is 11.0 Å². The molecular formula is C15H17N3O. The summed E-state index contributed by atoms with van der Waals surface area (Å²) in [5.41, 5.74) is 2.62. The Bertz CT molecular complexity index is 645. The quantitative estimate of drug-likeness (QED) is 0.827. The summed E-state index contributed by atoms with van der Waals surface area (Å²) in [5.74, 6) is 0.998. The van der Waals surface area contributed by atoms with Crippen LogP contribution in [0.5, 0.6) is 0 Å².